The number of hydrogen-bond acceptors (Lipinski definition) is 5. The summed E-state index contributed by atoms with van der Waals surface area (Å²) in [5, 5.41) is 0. The molecule has 5 heteroatoms. The van der Waals surface area contributed by atoms with Crippen LogP contribution in [-0.2, 0) is 0 Å². The fourth-order valence-electron chi connectivity index (χ4n) is 3.21. The Hall–Kier alpha value is -1.30. The van der Waals surface area contributed by atoms with E-state index in [-0.39, 0.29) is 11.6 Å². The number of hydrazine groups is 1. The van der Waals surface area contributed by atoms with Crippen molar-refractivity contribution < 1.29 is 9.47 Å². The molecule has 1 aliphatic rings. The molecule has 1 saturated heterocycles. The molecule has 0 aromatic heterocycles. The van der Waals surface area contributed by atoms with Crippen LogP contribution >= 0.6 is 0 Å². The minimum absolute atomic E-state index is 0.0172. The van der Waals surface area contributed by atoms with Crippen molar-refractivity contribution in [3.8, 4) is 11.5 Å². The van der Waals surface area contributed by atoms with Crippen LogP contribution in [0.25, 0.3) is 0 Å². The molecule has 21 heavy (non-hydrogen) atoms. The van der Waals surface area contributed by atoms with E-state index in [0.717, 1.165) is 30.2 Å². The Balaban J connectivity index is 2.36. The quantitative estimate of drug-likeness (QED) is 0.621. The van der Waals surface area contributed by atoms with Crippen molar-refractivity contribution in [3.63, 3.8) is 0 Å². The van der Waals surface area contributed by atoms with Gasteiger partial charge in [0.05, 0.1) is 20.3 Å². The molecule has 0 bridgehead atoms. The largest absolute Gasteiger partial charge is 0.497 e. The first-order valence-corrected chi connectivity index (χ1v) is 7.47. The van der Waals surface area contributed by atoms with E-state index in [0.29, 0.717) is 0 Å². The highest BCUT2D eigenvalue weighted by atomic mass is 16.5. The predicted octanol–water partition coefficient (Wildman–Crippen LogP) is 2.08. The standard InChI is InChI=1S/C16H27N3O2/c1-16(2,19-9-5-6-10-19)15(18-17)13-8-7-12(20-3)11-14(13)21-4/h7-8,11,15,18H,5-6,9-10,17H2,1-4H3. The van der Waals surface area contributed by atoms with Gasteiger partial charge in [0.2, 0.25) is 0 Å². The summed E-state index contributed by atoms with van der Waals surface area (Å²) in [6.45, 7) is 6.69. The Morgan fingerprint density at radius 3 is 2.38 bits per heavy atom. The molecule has 118 valence electrons. The van der Waals surface area contributed by atoms with Gasteiger partial charge in [-0.05, 0) is 51.9 Å². The van der Waals surface area contributed by atoms with Gasteiger partial charge in [0.15, 0.2) is 0 Å². The van der Waals surface area contributed by atoms with Crippen LogP contribution in [0, 0.1) is 0 Å². The van der Waals surface area contributed by atoms with Gasteiger partial charge in [-0.25, -0.2) is 0 Å². The van der Waals surface area contributed by atoms with Crippen molar-refractivity contribution in [2.24, 2.45) is 5.84 Å². The number of hydrogen-bond donors (Lipinski definition) is 2. The normalized spacial score (nSPS) is 17.8. The van der Waals surface area contributed by atoms with Gasteiger partial charge >= 0.3 is 0 Å². The van der Waals surface area contributed by atoms with E-state index in [1.807, 2.05) is 18.2 Å². The van der Waals surface area contributed by atoms with E-state index in [1.54, 1.807) is 14.2 Å². The summed E-state index contributed by atoms with van der Waals surface area (Å²) < 4.78 is 10.8. The van der Waals surface area contributed by atoms with Crippen molar-refractivity contribution in [2.75, 3.05) is 27.3 Å². The van der Waals surface area contributed by atoms with E-state index in [4.69, 9.17) is 15.3 Å². The number of likely N-dealkylation sites (tertiary alicyclic amines) is 1. The second-order valence-electron chi connectivity index (χ2n) is 6.06. The first kappa shape index (κ1) is 16.1. The highest BCUT2D eigenvalue weighted by Gasteiger charge is 2.38. The van der Waals surface area contributed by atoms with E-state index >= 15 is 0 Å². The molecule has 3 N–H and O–H groups in total. The van der Waals surface area contributed by atoms with Gasteiger partial charge in [-0.3, -0.25) is 16.2 Å². The minimum atomic E-state index is -0.0902. The van der Waals surface area contributed by atoms with E-state index in [1.165, 1.54) is 12.8 Å². The van der Waals surface area contributed by atoms with Crippen LogP contribution in [0.4, 0.5) is 0 Å². The van der Waals surface area contributed by atoms with Crippen molar-refractivity contribution >= 4 is 0 Å². The van der Waals surface area contributed by atoms with Crippen LogP contribution < -0.4 is 20.7 Å². The average molecular weight is 293 g/mol. The number of rotatable bonds is 6. The van der Waals surface area contributed by atoms with E-state index in [9.17, 15) is 0 Å². The minimum Gasteiger partial charge on any atom is -0.497 e. The third kappa shape index (κ3) is 3.15. The van der Waals surface area contributed by atoms with E-state index < -0.39 is 0 Å². The predicted molar refractivity (Wildman–Crippen MR) is 84.5 cm³/mol. The second kappa shape index (κ2) is 6.64. The fraction of sp³-hybridized carbons (Fsp3) is 0.625. The smallest absolute Gasteiger partial charge is 0.127 e. The van der Waals surface area contributed by atoms with Gasteiger partial charge in [-0.15, -0.1) is 0 Å². The Labute approximate surface area is 127 Å². The molecular formula is C16H27N3O2. The van der Waals surface area contributed by atoms with Crippen molar-refractivity contribution in [2.45, 2.75) is 38.3 Å². The van der Waals surface area contributed by atoms with Gasteiger partial charge in [-0.1, -0.05) is 0 Å². The summed E-state index contributed by atoms with van der Waals surface area (Å²) in [5.74, 6) is 7.47. The molecule has 0 radical (unpaired) electrons. The molecule has 5 nitrogen and oxygen atoms in total. The third-order valence-corrected chi connectivity index (χ3v) is 4.55. The Morgan fingerprint density at radius 1 is 1.19 bits per heavy atom. The zero-order valence-electron chi connectivity index (χ0n) is 13.5. The summed E-state index contributed by atoms with van der Waals surface area (Å²) in [6, 6.07) is 5.86. The van der Waals surface area contributed by atoms with Gasteiger partial charge in [-0.2, -0.15) is 0 Å². The number of nitrogens with zero attached hydrogens (tertiary/aromatic N) is 1. The fourth-order valence-corrected chi connectivity index (χ4v) is 3.21. The summed E-state index contributed by atoms with van der Waals surface area (Å²) in [4.78, 5) is 2.49. The molecule has 0 saturated carbocycles. The van der Waals surface area contributed by atoms with Crippen LogP contribution in [0.15, 0.2) is 18.2 Å². The molecule has 1 unspecified atom stereocenters. The lowest BCUT2D eigenvalue weighted by Gasteiger charge is -2.42. The molecule has 1 aromatic carbocycles. The Bertz CT molecular complexity index is 471. The maximum atomic E-state index is 5.89. The Kier molecular flexibility index (Phi) is 5.08. The zero-order valence-corrected chi connectivity index (χ0v) is 13.5. The van der Waals surface area contributed by atoms with Crippen molar-refractivity contribution in [1.29, 1.82) is 0 Å². The molecule has 1 heterocycles. The van der Waals surface area contributed by atoms with Gasteiger partial charge in [0, 0.05) is 17.2 Å². The first-order chi connectivity index (χ1) is 10.0. The lowest BCUT2D eigenvalue weighted by Crippen LogP contribution is -2.53. The summed E-state index contributed by atoms with van der Waals surface area (Å²) in [7, 11) is 3.33. The molecule has 0 amide bonds. The molecular weight excluding hydrogens is 266 g/mol. The highest BCUT2D eigenvalue weighted by molar-refractivity contribution is 5.43. The maximum absolute atomic E-state index is 5.89. The molecule has 1 fully saturated rings. The molecule has 2 rings (SSSR count). The van der Waals surface area contributed by atoms with Gasteiger partial charge in [0.1, 0.15) is 11.5 Å². The molecule has 1 aromatic rings. The summed E-state index contributed by atoms with van der Waals surface area (Å²) in [5.41, 5.74) is 3.95. The van der Waals surface area contributed by atoms with Crippen molar-refractivity contribution in [3.05, 3.63) is 23.8 Å². The third-order valence-electron chi connectivity index (χ3n) is 4.55. The van der Waals surface area contributed by atoms with Gasteiger partial charge < -0.3 is 9.47 Å². The highest BCUT2D eigenvalue weighted by Crippen LogP contribution is 2.38. The molecule has 1 atom stereocenters. The summed E-state index contributed by atoms with van der Waals surface area (Å²) >= 11 is 0. The monoisotopic (exact) mass is 293 g/mol. The molecule has 1 aliphatic heterocycles. The van der Waals surface area contributed by atoms with Crippen LogP contribution in [0.5, 0.6) is 11.5 Å². The van der Waals surface area contributed by atoms with Crippen LogP contribution in [0.3, 0.4) is 0 Å². The lowest BCUT2D eigenvalue weighted by atomic mass is 9.87. The zero-order chi connectivity index (χ0) is 15.5. The van der Waals surface area contributed by atoms with Gasteiger partial charge in [0.25, 0.3) is 0 Å². The van der Waals surface area contributed by atoms with Crippen LogP contribution in [0.2, 0.25) is 0 Å². The maximum Gasteiger partial charge on any atom is 0.127 e. The molecule has 0 aliphatic carbocycles. The average Bonchev–Trinajstić information content (AvgIpc) is 3.03. The lowest BCUT2D eigenvalue weighted by molar-refractivity contribution is 0.105. The van der Waals surface area contributed by atoms with Crippen LogP contribution in [-0.4, -0.2) is 37.7 Å². The number of nitrogens with two attached hydrogens (primary N) is 1. The van der Waals surface area contributed by atoms with Crippen molar-refractivity contribution in [1.82, 2.24) is 10.3 Å². The number of benzene rings is 1. The number of ether oxygens (including phenoxy) is 2. The number of methoxy groups -OCH3 is 2. The number of nitrogens with one attached hydrogen (secondary N) is 1. The topological polar surface area (TPSA) is 59.8 Å². The first-order valence-electron chi connectivity index (χ1n) is 7.47. The second-order valence-corrected chi connectivity index (χ2v) is 6.06. The SMILES string of the molecule is COc1ccc(C(NN)C(C)(C)N2CCCC2)c(OC)c1. The Morgan fingerprint density at radius 2 is 1.86 bits per heavy atom. The van der Waals surface area contributed by atoms with E-state index in [2.05, 4.69) is 24.2 Å². The summed E-state index contributed by atoms with van der Waals surface area (Å²) in [6.07, 6.45) is 2.50. The van der Waals surface area contributed by atoms with Crippen LogP contribution in [0.1, 0.15) is 38.3 Å². The molecule has 0 spiro atoms.